The van der Waals surface area contributed by atoms with Gasteiger partial charge in [0.25, 0.3) is 0 Å². The van der Waals surface area contributed by atoms with Crippen LogP contribution in [-0.2, 0) is 21.0 Å². The summed E-state index contributed by atoms with van der Waals surface area (Å²) in [4.78, 5) is 20.9. The number of anilines is 1. The fourth-order valence-electron chi connectivity index (χ4n) is 3.21. The van der Waals surface area contributed by atoms with Crippen LogP contribution in [-0.4, -0.2) is 63.1 Å². The Morgan fingerprint density at radius 3 is 2.65 bits per heavy atom. The molecule has 0 radical (unpaired) electrons. The van der Waals surface area contributed by atoms with Gasteiger partial charge in [0.15, 0.2) is 6.23 Å². The SMILES string of the molecule is CCC(COS(N)(=O)=O)C(O)C(O)Nc1ncncc1C(=O)c1ccn(Cc2ccccc2)n1. The molecule has 3 atom stereocenters. The molecule has 0 aliphatic carbocycles. The van der Waals surface area contributed by atoms with Gasteiger partial charge in [-0.1, -0.05) is 37.3 Å². The van der Waals surface area contributed by atoms with Crippen LogP contribution in [0.25, 0.3) is 0 Å². The molecule has 0 saturated heterocycles. The molecule has 13 heteroatoms. The highest BCUT2D eigenvalue weighted by Gasteiger charge is 2.28. The molecule has 5 N–H and O–H groups in total. The van der Waals surface area contributed by atoms with Gasteiger partial charge >= 0.3 is 10.3 Å². The Kier molecular flexibility index (Phi) is 8.41. The number of carbonyl (C=O) groups is 1. The number of aromatic nitrogens is 4. The van der Waals surface area contributed by atoms with Gasteiger partial charge in [-0.15, -0.1) is 0 Å². The molecular formula is C21H26N6O6S. The lowest BCUT2D eigenvalue weighted by atomic mass is 9.99. The minimum Gasteiger partial charge on any atom is -0.388 e. The fraction of sp³-hybridized carbons (Fsp3) is 0.333. The van der Waals surface area contributed by atoms with Gasteiger partial charge in [0.1, 0.15) is 23.9 Å². The lowest BCUT2D eigenvalue weighted by Gasteiger charge is -2.26. The van der Waals surface area contributed by atoms with Crippen LogP contribution in [0.3, 0.4) is 0 Å². The Bertz CT molecular complexity index is 1200. The first-order chi connectivity index (χ1) is 16.2. The van der Waals surface area contributed by atoms with Gasteiger partial charge in [0, 0.05) is 18.3 Å². The van der Waals surface area contributed by atoms with Crippen molar-refractivity contribution in [1.29, 1.82) is 0 Å². The lowest BCUT2D eigenvalue weighted by Crippen LogP contribution is -2.41. The van der Waals surface area contributed by atoms with Crippen molar-refractivity contribution in [2.75, 3.05) is 11.9 Å². The number of benzene rings is 1. The first-order valence-electron chi connectivity index (χ1n) is 10.4. The van der Waals surface area contributed by atoms with Crippen molar-refractivity contribution < 1.29 is 27.6 Å². The standard InChI is InChI=1S/C21H26N6O6S/c1-2-15(12-33-34(22,31)32)18(28)21(30)25-20-16(10-23-13-24-20)19(29)17-8-9-27(26-17)11-14-6-4-3-5-7-14/h3-10,13,15,18,21,28,30H,2,11-12H2,1H3,(H2,22,31,32)(H,23,24,25). The predicted octanol–water partition coefficient (Wildman–Crippen LogP) is 0.290. The molecule has 34 heavy (non-hydrogen) atoms. The van der Waals surface area contributed by atoms with E-state index in [9.17, 15) is 23.4 Å². The monoisotopic (exact) mass is 490 g/mol. The second-order valence-corrected chi connectivity index (χ2v) is 8.75. The van der Waals surface area contributed by atoms with Crippen molar-refractivity contribution in [3.8, 4) is 0 Å². The highest BCUT2D eigenvalue weighted by Crippen LogP contribution is 2.19. The zero-order chi connectivity index (χ0) is 24.7. The molecule has 2 heterocycles. The molecule has 0 aliphatic heterocycles. The number of carbonyl (C=O) groups excluding carboxylic acids is 1. The summed E-state index contributed by atoms with van der Waals surface area (Å²) < 4.78 is 28.2. The maximum atomic E-state index is 13.0. The quantitative estimate of drug-likeness (QED) is 0.203. The summed E-state index contributed by atoms with van der Waals surface area (Å²) in [6.45, 7) is 1.73. The number of nitrogens with two attached hydrogens (primary N) is 1. The molecule has 12 nitrogen and oxygen atoms in total. The minimum absolute atomic E-state index is 0.0219. The van der Waals surface area contributed by atoms with Gasteiger partial charge < -0.3 is 15.5 Å². The van der Waals surface area contributed by atoms with E-state index < -0.39 is 40.9 Å². The molecule has 0 amide bonds. The van der Waals surface area contributed by atoms with E-state index in [1.165, 1.54) is 12.5 Å². The van der Waals surface area contributed by atoms with E-state index in [2.05, 4.69) is 24.6 Å². The first kappa shape index (κ1) is 25.4. The van der Waals surface area contributed by atoms with E-state index in [0.29, 0.717) is 6.54 Å². The molecule has 0 spiro atoms. The van der Waals surface area contributed by atoms with Crippen LogP contribution in [0.1, 0.15) is 35.0 Å². The Morgan fingerprint density at radius 2 is 1.97 bits per heavy atom. The van der Waals surface area contributed by atoms with E-state index in [1.54, 1.807) is 23.9 Å². The topological polar surface area (TPSA) is 183 Å². The number of hydrogen-bond acceptors (Lipinski definition) is 10. The van der Waals surface area contributed by atoms with Crippen molar-refractivity contribution in [2.45, 2.75) is 32.2 Å². The summed E-state index contributed by atoms with van der Waals surface area (Å²) >= 11 is 0. The molecule has 182 valence electrons. The van der Waals surface area contributed by atoms with Gasteiger partial charge in [0.05, 0.1) is 18.7 Å². The van der Waals surface area contributed by atoms with Crippen LogP contribution in [0.5, 0.6) is 0 Å². The van der Waals surface area contributed by atoms with E-state index in [1.807, 2.05) is 30.3 Å². The number of nitrogens with zero attached hydrogens (tertiary/aromatic N) is 4. The summed E-state index contributed by atoms with van der Waals surface area (Å²) in [5.74, 6) is -1.27. The molecule has 0 aliphatic rings. The Labute approximate surface area is 196 Å². The minimum atomic E-state index is -4.20. The number of ketones is 1. The van der Waals surface area contributed by atoms with Crippen LogP contribution in [0.4, 0.5) is 5.82 Å². The molecular weight excluding hydrogens is 464 g/mol. The van der Waals surface area contributed by atoms with Crippen molar-refractivity contribution in [2.24, 2.45) is 11.1 Å². The zero-order valence-corrected chi connectivity index (χ0v) is 19.2. The van der Waals surface area contributed by atoms with Crippen LogP contribution in [0, 0.1) is 5.92 Å². The van der Waals surface area contributed by atoms with Crippen LogP contribution >= 0.6 is 0 Å². The molecule has 0 bridgehead atoms. The predicted molar refractivity (Wildman–Crippen MR) is 122 cm³/mol. The third-order valence-electron chi connectivity index (χ3n) is 5.08. The van der Waals surface area contributed by atoms with Crippen molar-refractivity contribution in [3.63, 3.8) is 0 Å². The van der Waals surface area contributed by atoms with Crippen molar-refractivity contribution in [1.82, 2.24) is 19.7 Å². The lowest BCUT2D eigenvalue weighted by molar-refractivity contribution is -0.0163. The summed E-state index contributed by atoms with van der Waals surface area (Å²) in [5.41, 5.74) is 1.20. The Hall–Kier alpha value is -3.23. The molecule has 3 aromatic rings. The number of nitrogens with one attached hydrogen (secondary N) is 1. The number of aliphatic hydroxyl groups is 2. The number of hydrogen-bond donors (Lipinski definition) is 4. The molecule has 0 fully saturated rings. The maximum Gasteiger partial charge on any atom is 0.333 e. The fourth-order valence-corrected chi connectivity index (χ4v) is 3.58. The van der Waals surface area contributed by atoms with Gasteiger partial charge in [0.2, 0.25) is 5.78 Å². The Balaban J connectivity index is 1.72. The zero-order valence-electron chi connectivity index (χ0n) is 18.4. The number of rotatable bonds is 12. The van der Waals surface area contributed by atoms with Crippen LogP contribution in [0.2, 0.25) is 0 Å². The summed E-state index contributed by atoms with van der Waals surface area (Å²) in [7, 11) is -4.20. The summed E-state index contributed by atoms with van der Waals surface area (Å²) in [5, 5.41) is 32.6. The largest absolute Gasteiger partial charge is 0.388 e. The van der Waals surface area contributed by atoms with Gasteiger partial charge in [-0.2, -0.15) is 13.5 Å². The molecule has 3 unspecified atom stereocenters. The van der Waals surface area contributed by atoms with Gasteiger partial charge in [-0.25, -0.2) is 15.1 Å². The van der Waals surface area contributed by atoms with Gasteiger partial charge in [-0.3, -0.25) is 13.7 Å². The highest BCUT2D eigenvalue weighted by molar-refractivity contribution is 7.84. The third kappa shape index (κ3) is 6.88. The number of aliphatic hydroxyl groups excluding tert-OH is 2. The van der Waals surface area contributed by atoms with Crippen molar-refractivity contribution in [3.05, 3.63) is 71.9 Å². The smallest absolute Gasteiger partial charge is 0.333 e. The molecule has 0 saturated carbocycles. The second-order valence-electron chi connectivity index (χ2n) is 7.52. The third-order valence-corrected chi connectivity index (χ3v) is 5.54. The normalized spacial score (nSPS) is 14.4. The maximum absolute atomic E-state index is 13.0. The van der Waals surface area contributed by atoms with E-state index >= 15 is 0 Å². The van der Waals surface area contributed by atoms with E-state index in [0.717, 1.165) is 5.56 Å². The Morgan fingerprint density at radius 1 is 1.24 bits per heavy atom. The van der Waals surface area contributed by atoms with Crippen molar-refractivity contribution >= 4 is 21.9 Å². The van der Waals surface area contributed by atoms with Gasteiger partial charge in [-0.05, 0) is 18.1 Å². The molecule has 1 aromatic carbocycles. The summed E-state index contributed by atoms with van der Waals surface area (Å²) in [6, 6.07) is 11.2. The van der Waals surface area contributed by atoms with E-state index in [4.69, 9.17) is 5.14 Å². The second kappa shape index (κ2) is 11.3. The summed E-state index contributed by atoms with van der Waals surface area (Å²) in [6.07, 6.45) is 1.36. The van der Waals surface area contributed by atoms with Crippen LogP contribution < -0.4 is 10.5 Å². The average molecular weight is 491 g/mol. The van der Waals surface area contributed by atoms with E-state index in [-0.39, 0.29) is 23.5 Å². The molecule has 2 aromatic heterocycles. The first-order valence-corrected chi connectivity index (χ1v) is 11.9. The average Bonchev–Trinajstić information content (AvgIpc) is 3.27. The van der Waals surface area contributed by atoms with Crippen LogP contribution in [0.15, 0.2) is 55.1 Å². The molecule has 3 rings (SSSR count). The highest BCUT2D eigenvalue weighted by atomic mass is 32.2.